The minimum absolute atomic E-state index is 0.0865. The third kappa shape index (κ3) is 3.99. The number of imide groups is 2. The molecule has 2 heterocycles. The molecule has 0 spiro atoms. The predicted molar refractivity (Wildman–Crippen MR) is 111 cm³/mol. The van der Waals surface area contributed by atoms with Crippen LogP contribution >= 0.6 is 0 Å². The monoisotopic (exact) mass is 422 g/mol. The van der Waals surface area contributed by atoms with Crippen LogP contribution < -0.4 is 21.1 Å². The van der Waals surface area contributed by atoms with Crippen LogP contribution in [0, 0.1) is 0 Å². The molecule has 4 amide bonds. The molecule has 0 aliphatic carbocycles. The summed E-state index contributed by atoms with van der Waals surface area (Å²) in [5, 5.41) is 5.43. The van der Waals surface area contributed by atoms with Crippen molar-refractivity contribution in [2.75, 3.05) is 18.5 Å². The van der Waals surface area contributed by atoms with E-state index in [0.717, 1.165) is 10.6 Å². The molecule has 0 bridgehead atoms. The van der Waals surface area contributed by atoms with Gasteiger partial charge in [-0.2, -0.15) is 0 Å². The number of nitrogens with two attached hydrogens (primary N) is 1. The van der Waals surface area contributed by atoms with Gasteiger partial charge in [0.25, 0.3) is 11.8 Å². The highest BCUT2D eigenvalue weighted by molar-refractivity contribution is 6.24. The van der Waals surface area contributed by atoms with Crippen molar-refractivity contribution >= 4 is 29.3 Å². The van der Waals surface area contributed by atoms with Crippen LogP contribution in [0.4, 0.5) is 5.69 Å². The maximum atomic E-state index is 13.1. The lowest BCUT2D eigenvalue weighted by atomic mass is 10.0. The van der Waals surface area contributed by atoms with Gasteiger partial charge in [0.05, 0.1) is 11.1 Å². The van der Waals surface area contributed by atoms with Crippen LogP contribution in [0.25, 0.3) is 0 Å². The highest BCUT2D eigenvalue weighted by atomic mass is 16.5. The summed E-state index contributed by atoms with van der Waals surface area (Å²) < 4.78 is 5.45. The van der Waals surface area contributed by atoms with E-state index in [-0.39, 0.29) is 24.0 Å². The molecule has 2 aliphatic heterocycles. The maximum Gasteiger partial charge on any atom is 0.262 e. The first-order chi connectivity index (χ1) is 15.0. The standard InChI is InChI=1S/C22H22N4O5/c23-10-11-31-15-6-4-14(5-7-15)24-12-13-2-1-3-16-19(13)22(30)26(21(16)29)17-8-9-18(27)25-20(17)28/h1-7,17,24H,8-12,23H2,(H,25,27,28). The molecule has 9 nitrogen and oxygen atoms in total. The van der Waals surface area contributed by atoms with E-state index >= 15 is 0 Å². The molecule has 0 aromatic heterocycles. The second-order valence-corrected chi connectivity index (χ2v) is 7.30. The lowest BCUT2D eigenvalue weighted by Gasteiger charge is -2.27. The van der Waals surface area contributed by atoms with Crippen molar-refractivity contribution in [2.24, 2.45) is 5.73 Å². The Balaban J connectivity index is 1.51. The zero-order chi connectivity index (χ0) is 22.0. The van der Waals surface area contributed by atoms with Gasteiger partial charge in [0, 0.05) is 25.2 Å². The molecule has 2 aromatic carbocycles. The molecular formula is C22H22N4O5. The second-order valence-electron chi connectivity index (χ2n) is 7.30. The van der Waals surface area contributed by atoms with Gasteiger partial charge in [-0.1, -0.05) is 12.1 Å². The van der Waals surface area contributed by atoms with E-state index in [2.05, 4.69) is 10.6 Å². The molecule has 1 saturated heterocycles. The first-order valence-electron chi connectivity index (χ1n) is 10.00. The molecule has 4 rings (SSSR count). The van der Waals surface area contributed by atoms with Crippen LogP contribution in [0.1, 0.15) is 39.1 Å². The fourth-order valence-electron chi connectivity index (χ4n) is 3.78. The summed E-state index contributed by atoms with van der Waals surface area (Å²) >= 11 is 0. The summed E-state index contributed by atoms with van der Waals surface area (Å²) in [5.41, 5.74) is 7.44. The van der Waals surface area contributed by atoms with Crippen molar-refractivity contribution in [1.82, 2.24) is 10.2 Å². The average Bonchev–Trinajstić information content (AvgIpc) is 3.02. The van der Waals surface area contributed by atoms with Gasteiger partial charge < -0.3 is 15.8 Å². The van der Waals surface area contributed by atoms with E-state index in [1.807, 2.05) is 24.3 Å². The molecule has 1 atom stereocenters. The summed E-state index contributed by atoms with van der Waals surface area (Å²) in [6.07, 6.45) is 0.214. The highest BCUT2D eigenvalue weighted by Gasteiger charge is 2.45. The van der Waals surface area contributed by atoms with Crippen molar-refractivity contribution in [3.8, 4) is 5.75 Å². The molecule has 4 N–H and O–H groups in total. The lowest BCUT2D eigenvalue weighted by Crippen LogP contribution is -2.54. The number of ether oxygens (including phenoxy) is 1. The number of piperidine rings is 1. The number of hydrogen-bond acceptors (Lipinski definition) is 7. The highest BCUT2D eigenvalue weighted by Crippen LogP contribution is 2.30. The Morgan fingerprint density at radius 2 is 1.84 bits per heavy atom. The molecule has 1 unspecified atom stereocenters. The largest absolute Gasteiger partial charge is 0.492 e. The fourth-order valence-corrected chi connectivity index (χ4v) is 3.78. The Hall–Kier alpha value is -3.72. The summed E-state index contributed by atoms with van der Waals surface area (Å²) in [6.45, 7) is 1.18. The summed E-state index contributed by atoms with van der Waals surface area (Å²) in [5.74, 6) is -1.35. The third-order valence-corrected chi connectivity index (χ3v) is 5.28. The minimum Gasteiger partial charge on any atom is -0.492 e. The van der Waals surface area contributed by atoms with Crippen LogP contribution in [0.15, 0.2) is 42.5 Å². The van der Waals surface area contributed by atoms with Crippen LogP contribution in [0.3, 0.4) is 0 Å². The van der Waals surface area contributed by atoms with E-state index in [0.29, 0.717) is 31.0 Å². The summed E-state index contributed by atoms with van der Waals surface area (Å²) in [4.78, 5) is 50.6. The molecule has 2 aliphatic rings. The lowest BCUT2D eigenvalue weighted by molar-refractivity contribution is -0.136. The molecule has 160 valence electrons. The number of hydrogen-bond donors (Lipinski definition) is 3. The minimum atomic E-state index is -0.980. The Labute approximate surface area is 178 Å². The van der Waals surface area contributed by atoms with E-state index < -0.39 is 29.7 Å². The number of carbonyl (C=O) groups excluding carboxylic acids is 4. The van der Waals surface area contributed by atoms with Crippen molar-refractivity contribution in [3.63, 3.8) is 0 Å². The number of carbonyl (C=O) groups is 4. The Bertz CT molecular complexity index is 1050. The maximum absolute atomic E-state index is 13.1. The summed E-state index contributed by atoms with van der Waals surface area (Å²) in [6, 6.07) is 11.4. The topological polar surface area (TPSA) is 131 Å². The average molecular weight is 422 g/mol. The first-order valence-corrected chi connectivity index (χ1v) is 10.00. The van der Waals surface area contributed by atoms with Crippen molar-refractivity contribution < 1.29 is 23.9 Å². The van der Waals surface area contributed by atoms with Crippen LogP contribution in [-0.2, 0) is 16.1 Å². The predicted octanol–water partition coefficient (Wildman–Crippen LogP) is 1.04. The van der Waals surface area contributed by atoms with Gasteiger partial charge in [0.15, 0.2) is 0 Å². The van der Waals surface area contributed by atoms with Gasteiger partial charge in [-0.15, -0.1) is 0 Å². The van der Waals surface area contributed by atoms with Crippen molar-refractivity contribution in [3.05, 3.63) is 59.2 Å². The van der Waals surface area contributed by atoms with E-state index in [9.17, 15) is 19.2 Å². The van der Waals surface area contributed by atoms with E-state index in [4.69, 9.17) is 10.5 Å². The Kier molecular flexibility index (Phi) is 5.68. The van der Waals surface area contributed by atoms with Gasteiger partial charge in [0.2, 0.25) is 11.8 Å². The smallest absolute Gasteiger partial charge is 0.262 e. The Morgan fingerprint density at radius 1 is 1.06 bits per heavy atom. The SMILES string of the molecule is NCCOc1ccc(NCc2cccc3c2C(=O)N(C2CCC(=O)NC2=O)C3=O)cc1. The first kappa shape index (κ1) is 20.5. The van der Waals surface area contributed by atoms with E-state index in [1.54, 1.807) is 18.2 Å². The van der Waals surface area contributed by atoms with Gasteiger partial charge in [-0.05, 0) is 42.3 Å². The van der Waals surface area contributed by atoms with Gasteiger partial charge >= 0.3 is 0 Å². The summed E-state index contributed by atoms with van der Waals surface area (Å²) in [7, 11) is 0. The number of anilines is 1. The van der Waals surface area contributed by atoms with Gasteiger partial charge in [0.1, 0.15) is 18.4 Å². The number of fused-ring (bicyclic) bond motifs is 1. The van der Waals surface area contributed by atoms with Gasteiger partial charge in [-0.3, -0.25) is 29.4 Å². The molecule has 0 saturated carbocycles. The number of amides is 4. The number of benzene rings is 2. The molecule has 9 heteroatoms. The number of nitrogens with zero attached hydrogens (tertiary/aromatic N) is 1. The number of nitrogens with one attached hydrogen (secondary N) is 2. The van der Waals surface area contributed by atoms with E-state index in [1.165, 1.54) is 0 Å². The number of rotatable bonds is 7. The zero-order valence-electron chi connectivity index (χ0n) is 16.7. The molecule has 31 heavy (non-hydrogen) atoms. The molecular weight excluding hydrogens is 400 g/mol. The normalized spacial score (nSPS) is 18.1. The molecule has 0 radical (unpaired) electrons. The quantitative estimate of drug-likeness (QED) is 0.568. The second kappa shape index (κ2) is 8.57. The van der Waals surface area contributed by atoms with Crippen LogP contribution in [-0.4, -0.2) is 47.7 Å². The fraction of sp³-hybridized carbons (Fsp3) is 0.273. The third-order valence-electron chi connectivity index (χ3n) is 5.28. The molecule has 2 aromatic rings. The van der Waals surface area contributed by atoms with Crippen LogP contribution in [0.5, 0.6) is 5.75 Å². The van der Waals surface area contributed by atoms with Crippen molar-refractivity contribution in [1.29, 1.82) is 0 Å². The van der Waals surface area contributed by atoms with Crippen molar-refractivity contribution in [2.45, 2.75) is 25.4 Å². The Morgan fingerprint density at radius 3 is 2.55 bits per heavy atom. The molecule has 1 fully saturated rings. The zero-order valence-corrected chi connectivity index (χ0v) is 16.7. The van der Waals surface area contributed by atoms with Gasteiger partial charge in [-0.25, -0.2) is 0 Å². The van der Waals surface area contributed by atoms with Crippen LogP contribution in [0.2, 0.25) is 0 Å².